The second-order valence-corrected chi connectivity index (χ2v) is 8.71. The first-order valence-corrected chi connectivity index (χ1v) is 12.2. The first kappa shape index (κ1) is 25.6. The third kappa shape index (κ3) is 8.09. The van der Waals surface area contributed by atoms with E-state index in [4.69, 9.17) is 4.99 Å². The molecule has 0 saturated carbocycles. The van der Waals surface area contributed by atoms with Crippen LogP contribution in [0.2, 0.25) is 0 Å². The number of benzene rings is 1. The molecule has 0 amide bonds. The van der Waals surface area contributed by atoms with Gasteiger partial charge in [-0.1, -0.05) is 45.0 Å². The second kappa shape index (κ2) is 13.7. The molecule has 0 aromatic heterocycles. The normalized spacial score (nSPS) is 16.5. The van der Waals surface area contributed by atoms with E-state index in [9.17, 15) is 5.11 Å². The van der Waals surface area contributed by atoms with Gasteiger partial charge in [0.15, 0.2) is 5.96 Å². The Morgan fingerprint density at radius 2 is 1.61 bits per heavy atom. The summed E-state index contributed by atoms with van der Waals surface area (Å²) in [6.07, 6.45) is 2.91. The Hall–Kier alpha value is -1.63. The SMILES string of the molecule is CCNC(=NCc1ccccc1CN1CCN(CC)CC1)NCC(CC)(CC)CCO. The van der Waals surface area contributed by atoms with Crippen LogP contribution in [0, 0.1) is 5.41 Å². The van der Waals surface area contributed by atoms with E-state index in [0.717, 1.165) is 77.6 Å². The molecule has 0 bridgehead atoms. The molecule has 1 heterocycles. The van der Waals surface area contributed by atoms with Crippen LogP contribution >= 0.6 is 0 Å². The van der Waals surface area contributed by atoms with Crippen molar-refractivity contribution in [2.75, 3.05) is 52.4 Å². The van der Waals surface area contributed by atoms with Crippen LogP contribution in [0.1, 0.15) is 58.1 Å². The van der Waals surface area contributed by atoms with Gasteiger partial charge in [-0.05, 0) is 49.3 Å². The van der Waals surface area contributed by atoms with E-state index in [-0.39, 0.29) is 12.0 Å². The minimum atomic E-state index is 0.115. The number of rotatable bonds is 12. The number of likely N-dealkylation sites (N-methyl/N-ethyl adjacent to an activating group) is 1. The Bertz CT molecular complexity index is 651. The van der Waals surface area contributed by atoms with Gasteiger partial charge in [0.1, 0.15) is 0 Å². The molecular formula is C25H45N5O. The summed E-state index contributed by atoms with van der Waals surface area (Å²) >= 11 is 0. The summed E-state index contributed by atoms with van der Waals surface area (Å²) in [5.74, 6) is 0.859. The van der Waals surface area contributed by atoms with Crippen LogP contribution in [0.25, 0.3) is 0 Å². The van der Waals surface area contributed by atoms with Crippen molar-refractivity contribution >= 4 is 5.96 Å². The average molecular weight is 432 g/mol. The zero-order chi connectivity index (χ0) is 22.5. The Labute approximate surface area is 190 Å². The molecule has 1 fully saturated rings. The predicted octanol–water partition coefficient (Wildman–Crippen LogP) is 3.07. The van der Waals surface area contributed by atoms with Gasteiger partial charge < -0.3 is 20.6 Å². The Morgan fingerprint density at radius 3 is 2.19 bits per heavy atom. The van der Waals surface area contributed by atoms with Crippen LogP contribution in [0.3, 0.4) is 0 Å². The van der Waals surface area contributed by atoms with Gasteiger partial charge in [-0.15, -0.1) is 0 Å². The monoisotopic (exact) mass is 431 g/mol. The molecule has 3 N–H and O–H groups in total. The summed E-state index contributed by atoms with van der Waals surface area (Å²) in [4.78, 5) is 9.98. The number of hydrogen-bond donors (Lipinski definition) is 3. The zero-order valence-corrected chi connectivity index (χ0v) is 20.3. The largest absolute Gasteiger partial charge is 0.396 e. The molecule has 1 aliphatic heterocycles. The molecule has 6 heteroatoms. The van der Waals surface area contributed by atoms with Gasteiger partial charge in [0.2, 0.25) is 0 Å². The first-order chi connectivity index (χ1) is 15.1. The molecule has 0 unspecified atom stereocenters. The fraction of sp³-hybridized carbons (Fsp3) is 0.720. The number of aliphatic hydroxyl groups excluding tert-OH is 1. The van der Waals surface area contributed by atoms with E-state index >= 15 is 0 Å². The van der Waals surface area contributed by atoms with Crippen molar-refractivity contribution in [1.29, 1.82) is 0 Å². The van der Waals surface area contributed by atoms with E-state index in [2.05, 4.69) is 72.4 Å². The van der Waals surface area contributed by atoms with Gasteiger partial charge in [0.05, 0.1) is 6.54 Å². The Kier molecular flexibility index (Phi) is 11.3. The van der Waals surface area contributed by atoms with Crippen molar-refractivity contribution in [2.45, 2.75) is 60.0 Å². The third-order valence-corrected chi connectivity index (χ3v) is 6.95. The summed E-state index contributed by atoms with van der Waals surface area (Å²) in [5.41, 5.74) is 2.79. The molecule has 0 spiro atoms. The van der Waals surface area contributed by atoms with Gasteiger partial charge >= 0.3 is 0 Å². The molecule has 31 heavy (non-hydrogen) atoms. The molecule has 1 saturated heterocycles. The summed E-state index contributed by atoms with van der Waals surface area (Å²) in [6.45, 7) is 18.1. The quantitative estimate of drug-likeness (QED) is 0.351. The van der Waals surface area contributed by atoms with Gasteiger partial charge in [0.25, 0.3) is 0 Å². The molecule has 1 aliphatic rings. The van der Waals surface area contributed by atoms with Crippen LogP contribution in [-0.4, -0.2) is 73.3 Å². The lowest BCUT2D eigenvalue weighted by molar-refractivity contribution is 0.131. The lowest BCUT2D eigenvalue weighted by Gasteiger charge is -2.34. The molecule has 0 atom stereocenters. The van der Waals surface area contributed by atoms with E-state index in [1.165, 1.54) is 11.1 Å². The van der Waals surface area contributed by atoms with E-state index in [1.807, 2.05) is 0 Å². The molecule has 0 radical (unpaired) electrons. The maximum atomic E-state index is 9.50. The van der Waals surface area contributed by atoms with Crippen LogP contribution < -0.4 is 10.6 Å². The van der Waals surface area contributed by atoms with Crippen LogP contribution in [0.5, 0.6) is 0 Å². The summed E-state index contributed by atoms with van der Waals surface area (Å²) in [7, 11) is 0. The Balaban J connectivity index is 2.02. The highest BCUT2D eigenvalue weighted by Crippen LogP contribution is 2.29. The fourth-order valence-electron chi connectivity index (χ4n) is 4.33. The molecular weight excluding hydrogens is 386 g/mol. The maximum Gasteiger partial charge on any atom is 0.191 e. The van der Waals surface area contributed by atoms with Crippen LogP contribution in [0.4, 0.5) is 0 Å². The van der Waals surface area contributed by atoms with E-state index in [1.54, 1.807) is 0 Å². The van der Waals surface area contributed by atoms with Crippen molar-refractivity contribution in [3.8, 4) is 0 Å². The van der Waals surface area contributed by atoms with Crippen LogP contribution in [-0.2, 0) is 13.1 Å². The number of piperazine rings is 1. The standard InChI is InChI=1S/C25H45N5O/c1-5-25(6-2,13-18-31)21-28-24(26-7-3)27-19-22-11-9-10-12-23(22)20-30-16-14-29(8-4)15-17-30/h9-12,31H,5-8,13-21H2,1-4H3,(H2,26,27,28). The molecule has 1 aromatic rings. The molecule has 1 aromatic carbocycles. The summed E-state index contributed by atoms with van der Waals surface area (Å²) in [5, 5.41) is 16.4. The van der Waals surface area contributed by atoms with Gasteiger partial charge in [-0.25, -0.2) is 4.99 Å². The van der Waals surface area contributed by atoms with E-state index < -0.39 is 0 Å². The number of guanidine groups is 1. The summed E-state index contributed by atoms with van der Waals surface area (Å²) < 4.78 is 0. The summed E-state index contributed by atoms with van der Waals surface area (Å²) in [6, 6.07) is 8.71. The lowest BCUT2D eigenvalue weighted by atomic mass is 9.79. The molecule has 176 valence electrons. The number of nitrogens with zero attached hydrogens (tertiary/aromatic N) is 3. The second-order valence-electron chi connectivity index (χ2n) is 8.71. The average Bonchev–Trinajstić information content (AvgIpc) is 2.81. The Morgan fingerprint density at radius 1 is 0.968 bits per heavy atom. The number of aliphatic hydroxyl groups is 1. The van der Waals surface area contributed by atoms with Gasteiger partial charge in [0, 0.05) is 52.4 Å². The third-order valence-electron chi connectivity index (χ3n) is 6.95. The number of nitrogens with one attached hydrogen (secondary N) is 2. The highest BCUT2D eigenvalue weighted by Gasteiger charge is 2.25. The van der Waals surface area contributed by atoms with Crippen molar-refractivity contribution in [1.82, 2.24) is 20.4 Å². The van der Waals surface area contributed by atoms with Crippen molar-refractivity contribution in [2.24, 2.45) is 10.4 Å². The van der Waals surface area contributed by atoms with Crippen LogP contribution in [0.15, 0.2) is 29.3 Å². The molecule has 6 nitrogen and oxygen atoms in total. The number of aliphatic imine (C=N–C) groups is 1. The number of hydrogen-bond acceptors (Lipinski definition) is 4. The van der Waals surface area contributed by atoms with Crippen molar-refractivity contribution in [3.05, 3.63) is 35.4 Å². The maximum absolute atomic E-state index is 9.50. The van der Waals surface area contributed by atoms with Gasteiger partial charge in [-0.3, -0.25) is 4.90 Å². The minimum absolute atomic E-state index is 0.115. The first-order valence-electron chi connectivity index (χ1n) is 12.2. The van der Waals surface area contributed by atoms with Gasteiger partial charge in [-0.2, -0.15) is 0 Å². The lowest BCUT2D eigenvalue weighted by Crippen LogP contribution is -2.45. The fourth-order valence-corrected chi connectivity index (χ4v) is 4.33. The van der Waals surface area contributed by atoms with E-state index in [0.29, 0.717) is 6.54 Å². The zero-order valence-electron chi connectivity index (χ0n) is 20.3. The highest BCUT2D eigenvalue weighted by molar-refractivity contribution is 5.79. The topological polar surface area (TPSA) is 63.1 Å². The van der Waals surface area contributed by atoms with Crippen molar-refractivity contribution in [3.63, 3.8) is 0 Å². The molecule has 0 aliphatic carbocycles. The highest BCUT2D eigenvalue weighted by atomic mass is 16.3. The molecule has 2 rings (SSSR count). The minimum Gasteiger partial charge on any atom is -0.396 e. The smallest absolute Gasteiger partial charge is 0.191 e. The predicted molar refractivity (Wildman–Crippen MR) is 131 cm³/mol. The van der Waals surface area contributed by atoms with Crippen molar-refractivity contribution < 1.29 is 5.11 Å².